The van der Waals surface area contributed by atoms with E-state index in [1.165, 1.54) is 12.8 Å². The minimum Gasteiger partial charge on any atom is -0.489 e. The van der Waals surface area contributed by atoms with E-state index < -0.39 is 0 Å². The highest BCUT2D eigenvalue weighted by Gasteiger charge is 2.37. The maximum Gasteiger partial charge on any atom is 0.231 e. The second kappa shape index (κ2) is 8.50. The number of nitrogens with one attached hydrogen (secondary N) is 2. The van der Waals surface area contributed by atoms with Crippen LogP contribution in [0.3, 0.4) is 0 Å². The third-order valence-corrected chi connectivity index (χ3v) is 7.21. The summed E-state index contributed by atoms with van der Waals surface area (Å²) in [5, 5.41) is 5.13. The molecule has 2 aliphatic heterocycles. The highest BCUT2D eigenvalue weighted by atomic mass is 35.5. The minimum absolute atomic E-state index is 0.0403. The molecule has 2 N–H and O–H groups in total. The summed E-state index contributed by atoms with van der Waals surface area (Å²) in [5.41, 5.74) is 1.78. The SMILES string of the molecule is O=C(C(CNCC1CC1)c1ccc(Cl)cc1)N1CCN2c3ncnc4[nH]cc(c34)OC[C@@H]2C1. The van der Waals surface area contributed by atoms with Crippen LogP contribution in [0.15, 0.2) is 36.8 Å². The van der Waals surface area contributed by atoms with E-state index in [0.717, 1.165) is 40.6 Å². The molecule has 2 atom stereocenters. The third-order valence-electron chi connectivity index (χ3n) is 6.96. The van der Waals surface area contributed by atoms with Gasteiger partial charge in [-0.05, 0) is 43.0 Å². The van der Waals surface area contributed by atoms with Crippen LogP contribution in [-0.4, -0.2) is 71.1 Å². The molecule has 1 aliphatic carbocycles. The first-order valence-electron chi connectivity index (χ1n) is 11.6. The molecular formula is C24H27ClN6O2. The molecule has 2 fully saturated rings. The van der Waals surface area contributed by atoms with Gasteiger partial charge in [0.25, 0.3) is 0 Å². The smallest absolute Gasteiger partial charge is 0.231 e. The van der Waals surface area contributed by atoms with Gasteiger partial charge in [-0.25, -0.2) is 9.97 Å². The number of aromatic amines is 1. The second-order valence-corrected chi connectivity index (χ2v) is 9.66. The molecule has 172 valence electrons. The van der Waals surface area contributed by atoms with E-state index in [4.69, 9.17) is 16.3 Å². The number of rotatable bonds is 6. The van der Waals surface area contributed by atoms with E-state index in [1.807, 2.05) is 35.4 Å². The van der Waals surface area contributed by atoms with Crippen LogP contribution in [0.25, 0.3) is 11.0 Å². The van der Waals surface area contributed by atoms with Crippen molar-refractivity contribution in [2.45, 2.75) is 24.8 Å². The van der Waals surface area contributed by atoms with Crippen LogP contribution in [0, 0.1) is 5.92 Å². The zero-order valence-electron chi connectivity index (χ0n) is 18.3. The number of fused-ring (bicyclic) bond motifs is 2. The van der Waals surface area contributed by atoms with Crippen LogP contribution >= 0.6 is 11.6 Å². The Bertz CT molecular complexity index is 1160. The summed E-state index contributed by atoms with van der Waals surface area (Å²) < 4.78 is 6.10. The molecule has 2 aromatic heterocycles. The van der Waals surface area contributed by atoms with Gasteiger partial charge in [-0.2, -0.15) is 0 Å². The van der Waals surface area contributed by atoms with Gasteiger partial charge in [-0.1, -0.05) is 23.7 Å². The van der Waals surface area contributed by atoms with E-state index in [-0.39, 0.29) is 17.9 Å². The molecule has 4 heterocycles. The van der Waals surface area contributed by atoms with E-state index in [2.05, 4.69) is 25.2 Å². The van der Waals surface area contributed by atoms with E-state index in [9.17, 15) is 4.79 Å². The second-order valence-electron chi connectivity index (χ2n) is 9.22. The van der Waals surface area contributed by atoms with Crippen LogP contribution in [-0.2, 0) is 4.79 Å². The predicted molar refractivity (Wildman–Crippen MR) is 127 cm³/mol. The lowest BCUT2D eigenvalue weighted by molar-refractivity contribution is -0.133. The fourth-order valence-electron chi connectivity index (χ4n) is 4.93. The van der Waals surface area contributed by atoms with Gasteiger partial charge >= 0.3 is 0 Å². The summed E-state index contributed by atoms with van der Waals surface area (Å²) in [6, 6.07) is 7.71. The zero-order valence-corrected chi connectivity index (χ0v) is 19.1. The number of anilines is 1. The largest absolute Gasteiger partial charge is 0.489 e. The van der Waals surface area contributed by atoms with Crippen LogP contribution < -0.4 is 15.0 Å². The number of carbonyl (C=O) groups excluding carboxylic acids is 1. The Labute approximate surface area is 197 Å². The summed E-state index contributed by atoms with van der Waals surface area (Å²) in [4.78, 5) is 30.1. The number of hydrogen-bond donors (Lipinski definition) is 2. The summed E-state index contributed by atoms with van der Waals surface area (Å²) in [7, 11) is 0. The van der Waals surface area contributed by atoms with Gasteiger partial charge < -0.3 is 24.8 Å². The fraction of sp³-hybridized carbons (Fsp3) is 0.458. The molecule has 1 saturated heterocycles. The average molecular weight is 467 g/mol. The van der Waals surface area contributed by atoms with Crippen molar-refractivity contribution in [3.63, 3.8) is 0 Å². The number of ether oxygens (including phenoxy) is 1. The maximum atomic E-state index is 13.8. The molecule has 1 unspecified atom stereocenters. The summed E-state index contributed by atoms with van der Waals surface area (Å²) in [6.45, 7) is 4.07. The van der Waals surface area contributed by atoms with Crippen LogP contribution in [0.5, 0.6) is 5.75 Å². The van der Waals surface area contributed by atoms with Gasteiger partial charge in [0, 0.05) is 37.4 Å². The van der Waals surface area contributed by atoms with E-state index in [0.29, 0.717) is 37.8 Å². The molecule has 1 saturated carbocycles. The fourth-order valence-corrected chi connectivity index (χ4v) is 5.06. The predicted octanol–water partition coefficient (Wildman–Crippen LogP) is 2.80. The van der Waals surface area contributed by atoms with Crippen molar-refractivity contribution in [2.24, 2.45) is 5.92 Å². The zero-order chi connectivity index (χ0) is 22.4. The first-order chi connectivity index (χ1) is 16.2. The number of piperazine rings is 1. The van der Waals surface area contributed by atoms with Gasteiger partial charge in [-0.3, -0.25) is 4.79 Å². The molecule has 8 nitrogen and oxygen atoms in total. The molecule has 33 heavy (non-hydrogen) atoms. The summed E-state index contributed by atoms with van der Waals surface area (Å²) >= 11 is 6.11. The van der Waals surface area contributed by atoms with Crippen molar-refractivity contribution in [2.75, 3.05) is 44.2 Å². The van der Waals surface area contributed by atoms with Crippen LogP contribution in [0.4, 0.5) is 5.82 Å². The van der Waals surface area contributed by atoms with Crippen molar-refractivity contribution >= 4 is 34.4 Å². The maximum absolute atomic E-state index is 13.8. The quantitative estimate of drug-likeness (QED) is 0.581. The van der Waals surface area contributed by atoms with E-state index >= 15 is 0 Å². The Hall–Kier alpha value is -2.84. The van der Waals surface area contributed by atoms with Crippen LogP contribution in [0.1, 0.15) is 24.3 Å². The normalized spacial score (nSPS) is 20.8. The first-order valence-corrected chi connectivity index (χ1v) is 12.0. The number of carbonyl (C=O) groups is 1. The van der Waals surface area contributed by atoms with Crippen molar-refractivity contribution in [3.05, 3.63) is 47.4 Å². The van der Waals surface area contributed by atoms with Crippen LogP contribution in [0.2, 0.25) is 5.02 Å². The Morgan fingerprint density at radius 3 is 2.91 bits per heavy atom. The number of H-pyrrole nitrogens is 1. The molecule has 0 radical (unpaired) electrons. The minimum atomic E-state index is -0.237. The Balaban J connectivity index is 1.21. The highest BCUT2D eigenvalue weighted by Crippen LogP contribution is 2.36. The molecule has 0 spiro atoms. The van der Waals surface area contributed by atoms with Crippen molar-refractivity contribution in [3.8, 4) is 5.75 Å². The number of benzene rings is 1. The molecule has 3 aromatic rings. The van der Waals surface area contributed by atoms with E-state index in [1.54, 1.807) is 6.33 Å². The Morgan fingerprint density at radius 1 is 1.24 bits per heavy atom. The van der Waals surface area contributed by atoms with Crippen molar-refractivity contribution < 1.29 is 9.53 Å². The molecule has 9 heteroatoms. The van der Waals surface area contributed by atoms with Crippen molar-refractivity contribution in [1.82, 2.24) is 25.2 Å². The van der Waals surface area contributed by atoms with Gasteiger partial charge in [0.05, 0.1) is 12.0 Å². The first kappa shape index (κ1) is 20.7. The molecule has 3 aliphatic rings. The monoisotopic (exact) mass is 466 g/mol. The lowest BCUT2D eigenvalue weighted by atomic mass is 9.96. The number of hydrogen-bond acceptors (Lipinski definition) is 6. The molecular weight excluding hydrogens is 440 g/mol. The summed E-state index contributed by atoms with van der Waals surface area (Å²) in [5.74, 6) is 2.33. The Morgan fingerprint density at radius 2 is 2.09 bits per heavy atom. The number of aromatic nitrogens is 3. The standard InChI is InChI=1S/C24H27ClN6O2/c25-17-5-3-16(4-6-17)19(10-26-9-15-1-2-15)24(32)30-7-8-31-18(12-30)13-33-20-11-27-22-21(20)23(31)29-14-28-22/h3-6,11,14-15,18-19,26H,1-2,7-10,12-13H2,(H,27,28,29)/t18-,19?/m0/s1. The van der Waals surface area contributed by atoms with Gasteiger partial charge in [0.15, 0.2) is 0 Å². The number of amides is 1. The van der Waals surface area contributed by atoms with Gasteiger partial charge in [0.1, 0.15) is 35.5 Å². The lowest BCUT2D eigenvalue weighted by Gasteiger charge is -2.42. The van der Waals surface area contributed by atoms with Gasteiger partial charge in [0.2, 0.25) is 5.91 Å². The lowest BCUT2D eigenvalue weighted by Crippen LogP contribution is -2.58. The summed E-state index contributed by atoms with van der Waals surface area (Å²) in [6.07, 6.45) is 6.00. The van der Waals surface area contributed by atoms with Gasteiger partial charge in [-0.15, -0.1) is 0 Å². The average Bonchev–Trinajstić information content (AvgIpc) is 3.60. The molecule has 1 aromatic carbocycles. The molecule has 1 amide bonds. The molecule has 0 bridgehead atoms. The third kappa shape index (κ3) is 4.02. The molecule has 6 rings (SSSR count). The van der Waals surface area contributed by atoms with Crippen molar-refractivity contribution in [1.29, 1.82) is 0 Å². The highest BCUT2D eigenvalue weighted by molar-refractivity contribution is 6.30. The number of halogens is 1. The Kier molecular flexibility index (Phi) is 5.34. The number of nitrogens with zero attached hydrogens (tertiary/aromatic N) is 4. The topological polar surface area (TPSA) is 86.4 Å².